The second kappa shape index (κ2) is 6.06. The lowest BCUT2D eigenvalue weighted by Crippen LogP contribution is -2.37. The summed E-state index contributed by atoms with van der Waals surface area (Å²) in [6.07, 6.45) is 2.77. The zero-order chi connectivity index (χ0) is 13.9. The van der Waals surface area contributed by atoms with Gasteiger partial charge in [-0.1, -0.05) is 38.1 Å². The van der Waals surface area contributed by atoms with Crippen LogP contribution >= 0.6 is 0 Å². The minimum Gasteiger partial charge on any atom is -0.312 e. The summed E-state index contributed by atoms with van der Waals surface area (Å²) in [6, 6.07) is 9.17. The lowest BCUT2D eigenvalue weighted by atomic mass is 9.93. The van der Waals surface area contributed by atoms with Crippen molar-refractivity contribution in [1.29, 1.82) is 0 Å². The van der Waals surface area contributed by atoms with Crippen molar-refractivity contribution in [3.05, 3.63) is 35.4 Å². The van der Waals surface area contributed by atoms with Gasteiger partial charge in [0.05, 0.1) is 0 Å². The van der Waals surface area contributed by atoms with E-state index in [1.165, 1.54) is 24.0 Å². The van der Waals surface area contributed by atoms with Crippen LogP contribution in [0.2, 0.25) is 0 Å². The van der Waals surface area contributed by atoms with E-state index in [-0.39, 0.29) is 0 Å². The molecule has 19 heavy (non-hydrogen) atoms. The smallest absolute Gasteiger partial charge is 0.0205 e. The van der Waals surface area contributed by atoms with Gasteiger partial charge in [-0.25, -0.2) is 0 Å². The van der Waals surface area contributed by atoms with E-state index < -0.39 is 0 Å². The number of nitrogens with zero attached hydrogens (tertiary/aromatic N) is 1. The molecule has 0 unspecified atom stereocenters. The van der Waals surface area contributed by atoms with Crippen LogP contribution in [0.1, 0.15) is 43.7 Å². The van der Waals surface area contributed by atoms with Gasteiger partial charge in [-0.15, -0.1) is 0 Å². The summed E-state index contributed by atoms with van der Waals surface area (Å²) in [6.45, 7) is 7.77. The Bertz CT molecular complexity index is 388. The van der Waals surface area contributed by atoms with Crippen LogP contribution in [0.5, 0.6) is 0 Å². The van der Waals surface area contributed by atoms with E-state index in [1.807, 2.05) is 0 Å². The number of rotatable bonds is 7. The first-order valence-electron chi connectivity index (χ1n) is 7.40. The Morgan fingerprint density at radius 2 is 1.79 bits per heavy atom. The first-order chi connectivity index (χ1) is 8.96. The van der Waals surface area contributed by atoms with Gasteiger partial charge in [-0.3, -0.25) is 0 Å². The lowest BCUT2D eigenvalue weighted by Gasteiger charge is -2.28. The standard InChI is InChI=1S/C17H28N2/c1-17(2,13-19(3)4)12-18-11-14-5-7-15(8-6-14)16-9-10-16/h5-8,16,18H,9-13H2,1-4H3. The molecule has 0 aromatic heterocycles. The first kappa shape index (κ1) is 14.5. The topological polar surface area (TPSA) is 15.3 Å². The average Bonchev–Trinajstić information content (AvgIpc) is 3.11. The van der Waals surface area contributed by atoms with Crippen molar-refractivity contribution in [3.63, 3.8) is 0 Å². The van der Waals surface area contributed by atoms with Crippen LogP contribution in [0.15, 0.2) is 24.3 Å². The van der Waals surface area contributed by atoms with Crippen LogP contribution in [0.4, 0.5) is 0 Å². The fourth-order valence-corrected chi connectivity index (χ4v) is 2.78. The summed E-state index contributed by atoms with van der Waals surface area (Å²) in [5.41, 5.74) is 3.24. The molecule has 0 spiro atoms. The van der Waals surface area contributed by atoms with Crippen LogP contribution in [0.25, 0.3) is 0 Å². The number of hydrogen-bond acceptors (Lipinski definition) is 2. The maximum absolute atomic E-state index is 3.58. The third-order valence-corrected chi connectivity index (χ3v) is 3.71. The summed E-state index contributed by atoms with van der Waals surface area (Å²) in [5, 5.41) is 3.58. The molecule has 1 aromatic rings. The van der Waals surface area contributed by atoms with Gasteiger partial charge in [-0.05, 0) is 49.4 Å². The fourth-order valence-electron chi connectivity index (χ4n) is 2.78. The predicted octanol–water partition coefficient (Wildman–Crippen LogP) is 3.24. The van der Waals surface area contributed by atoms with Gasteiger partial charge in [0.25, 0.3) is 0 Å². The Balaban J connectivity index is 1.75. The summed E-state index contributed by atoms with van der Waals surface area (Å²) in [4.78, 5) is 2.26. The third kappa shape index (κ3) is 4.96. The van der Waals surface area contributed by atoms with E-state index in [4.69, 9.17) is 0 Å². The van der Waals surface area contributed by atoms with Gasteiger partial charge in [-0.2, -0.15) is 0 Å². The SMILES string of the molecule is CN(C)CC(C)(C)CNCc1ccc(C2CC2)cc1. The molecule has 0 heterocycles. The Labute approximate surface area is 118 Å². The van der Waals surface area contributed by atoms with Gasteiger partial charge >= 0.3 is 0 Å². The maximum Gasteiger partial charge on any atom is 0.0205 e. The fraction of sp³-hybridized carbons (Fsp3) is 0.647. The number of hydrogen-bond donors (Lipinski definition) is 1. The van der Waals surface area contributed by atoms with Crippen molar-refractivity contribution in [2.45, 2.75) is 39.2 Å². The summed E-state index contributed by atoms with van der Waals surface area (Å²) >= 11 is 0. The summed E-state index contributed by atoms with van der Waals surface area (Å²) in [7, 11) is 4.27. The summed E-state index contributed by atoms with van der Waals surface area (Å²) < 4.78 is 0. The highest BCUT2D eigenvalue weighted by molar-refractivity contribution is 5.27. The Hall–Kier alpha value is -0.860. The van der Waals surface area contributed by atoms with E-state index >= 15 is 0 Å². The number of benzene rings is 1. The molecule has 0 amide bonds. The Morgan fingerprint density at radius 3 is 2.32 bits per heavy atom. The molecule has 1 fully saturated rings. The van der Waals surface area contributed by atoms with Gasteiger partial charge in [0.2, 0.25) is 0 Å². The molecular formula is C17H28N2. The Morgan fingerprint density at radius 1 is 1.16 bits per heavy atom. The second-order valence-corrected chi connectivity index (χ2v) is 7.02. The van der Waals surface area contributed by atoms with Crippen molar-refractivity contribution in [1.82, 2.24) is 10.2 Å². The largest absolute Gasteiger partial charge is 0.312 e. The molecule has 2 nitrogen and oxygen atoms in total. The molecule has 1 saturated carbocycles. The minimum atomic E-state index is 0.317. The molecule has 0 radical (unpaired) electrons. The quantitative estimate of drug-likeness (QED) is 0.809. The second-order valence-electron chi connectivity index (χ2n) is 7.02. The molecule has 0 atom stereocenters. The van der Waals surface area contributed by atoms with Crippen molar-refractivity contribution < 1.29 is 0 Å². The molecule has 1 aromatic carbocycles. The molecule has 1 aliphatic rings. The third-order valence-electron chi connectivity index (χ3n) is 3.71. The monoisotopic (exact) mass is 260 g/mol. The van der Waals surface area contributed by atoms with Crippen LogP contribution in [-0.4, -0.2) is 32.1 Å². The first-order valence-corrected chi connectivity index (χ1v) is 7.40. The normalized spacial score (nSPS) is 16.1. The highest BCUT2D eigenvalue weighted by atomic mass is 15.1. The van der Waals surface area contributed by atoms with E-state index in [0.717, 1.165) is 25.6 Å². The summed E-state index contributed by atoms with van der Waals surface area (Å²) in [5.74, 6) is 0.862. The van der Waals surface area contributed by atoms with Crippen molar-refractivity contribution >= 4 is 0 Å². The van der Waals surface area contributed by atoms with Gasteiger partial charge in [0.15, 0.2) is 0 Å². The maximum atomic E-state index is 3.58. The van der Waals surface area contributed by atoms with Crippen molar-refractivity contribution in [2.24, 2.45) is 5.41 Å². The molecule has 0 bridgehead atoms. The Kier molecular flexibility index (Phi) is 4.64. The van der Waals surface area contributed by atoms with Crippen LogP contribution in [-0.2, 0) is 6.54 Å². The van der Waals surface area contributed by atoms with Gasteiger partial charge < -0.3 is 10.2 Å². The predicted molar refractivity (Wildman–Crippen MR) is 82.5 cm³/mol. The van der Waals surface area contributed by atoms with Crippen LogP contribution < -0.4 is 5.32 Å². The average molecular weight is 260 g/mol. The molecule has 106 valence electrons. The molecular weight excluding hydrogens is 232 g/mol. The van der Waals surface area contributed by atoms with Crippen LogP contribution in [0.3, 0.4) is 0 Å². The highest BCUT2D eigenvalue weighted by Crippen LogP contribution is 2.39. The number of nitrogens with one attached hydrogen (secondary N) is 1. The van der Waals surface area contributed by atoms with Crippen LogP contribution in [0, 0.1) is 5.41 Å². The van der Waals surface area contributed by atoms with Crippen molar-refractivity contribution in [2.75, 3.05) is 27.2 Å². The van der Waals surface area contributed by atoms with E-state index in [1.54, 1.807) is 0 Å². The zero-order valence-electron chi connectivity index (χ0n) is 12.9. The molecule has 2 heteroatoms. The molecule has 1 aliphatic carbocycles. The van der Waals surface area contributed by atoms with E-state index in [0.29, 0.717) is 5.41 Å². The minimum absolute atomic E-state index is 0.317. The molecule has 0 aliphatic heterocycles. The van der Waals surface area contributed by atoms with Crippen molar-refractivity contribution in [3.8, 4) is 0 Å². The lowest BCUT2D eigenvalue weighted by molar-refractivity contribution is 0.232. The van der Waals surface area contributed by atoms with E-state index in [9.17, 15) is 0 Å². The molecule has 2 rings (SSSR count). The van der Waals surface area contributed by atoms with Gasteiger partial charge in [0, 0.05) is 19.6 Å². The highest BCUT2D eigenvalue weighted by Gasteiger charge is 2.23. The van der Waals surface area contributed by atoms with E-state index in [2.05, 4.69) is 62.4 Å². The zero-order valence-corrected chi connectivity index (χ0v) is 12.9. The molecule has 0 saturated heterocycles. The molecule has 1 N–H and O–H groups in total. The van der Waals surface area contributed by atoms with Gasteiger partial charge in [0.1, 0.15) is 0 Å².